The predicted octanol–water partition coefficient (Wildman–Crippen LogP) is 4.54. The highest BCUT2D eigenvalue weighted by Gasteiger charge is 2.53. The fourth-order valence-corrected chi connectivity index (χ4v) is 4.91. The second kappa shape index (κ2) is 4.12. The van der Waals surface area contributed by atoms with Crippen LogP contribution >= 0.6 is 8.58 Å². The van der Waals surface area contributed by atoms with Gasteiger partial charge in [-0.25, -0.2) is 0 Å². The Kier molecular flexibility index (Phi) is 3.68. The smallest absolute Gasteiger partial charge is 0.00938 e. The van der Waals surface area contributed by atoms with Gasteiger partial charge in [0.15, 0.2) is 0 Å². The van der Waals surface area contributed by atoms with Gasteiger partial charge in [0.05, 0.1) is 0 Å². The van der Waals surface area contributed by atoms with E-state index in [-0.39, 0.29) is 0 Å². The SMILES string of the molecule is CC(C)CCPC1(C)CC(C)C1(C)C. The summed E-state index contributed by atoms with van der Waals surface area (Å²) in [6.45, 7) is 14.5. The van der Waals surface area contributed by atoms with Gasteiger partial charge in [0, 0.05) is 0 Å². The highest BCUT2D eigenvalue weighted by molar-refractivity contribution is 7.40. The zero-order valence-electron chi connectivity index (χ0n) is 10.8. The quantitative estimate of drug-likeness (QED) is 0.603. The Morgan fingerprint density at radius 1 is 1.29 bits per heavy atom. The molecule has 0 radical (unpaired) electrons. The topological polar surface area (TPSA) is 0 Å². The molecular weight excluding hydrogens is 187 g/mol. The molecule has 1 aliphatic carbocycles. The third kappa shape index (κ3) is 2.16. The van der Waals surface area contributed by atoms with Crippen LogP contribution in [0.5, 0.6) is 0 Å². The molecule has 84 valence electrons. The van der Waals surface area contributed by atoms with E-state index >= 15 is 0 Å². The number of hydrogen-bond donors (Lipinski definition) is 0. The van der Waals surface area contributed by atoms with Gasteiger partial charge in [0.2, 0.25) is 0 Å². The summed E-state index contributed by atoms with van der Waals surface area (Å²) in [5.41, 5.74) is 0.586. The van der Waals surface area contributed by atoms with E-state index in [1.54, 1.807) is 0 Å². The summed E-state index contributed by atoms with van der Waals surface area (Å²) in [5, 5.41) is 0.654. The normalized spacial score (nSPS) is 36.6. The van der Waals surface area contributed by atoms with E-state index in [4.69, 9.17) is 0 Å². The summed E-state index contributed by atoms with van der Waals surface area (Å²) in [4.78, 5) is 0. The van der Waals surface area contributed by atoms with Crippen LogP contribution in [0.1, 0.15) is 54.4 Å². The lowest BCUT2D eigenvalue weighted by Gasteiger charge is -2.60. The monoisotopic (exact) mass is 214 g/mol. The van der Waals surface area contributed by atoms with Crippen molar-refractivity contribution in [3.63, 3.8) is 0 Å². The molecule has 0 N–H and O–H groups in total. The molecule has 1 fully saturated rings. The summed E-state index contributed by atoms with van der Waals surface area (Å²) in [5.74, 6) is 1.81. The lowest BCUT2D eigenvalue weighted by Crippen LogP contribution is -2.54. The first-order valence-corrected chi connectivity index (χ1v) is 7.25. The zero-order chi connectivity index (χ0) is 11.0. The molecule has 0 aromatic carbocycles. The van der Waals surface area contributed by atoms with Crippen molar-refractivity contribution in [2.45, 2.75) is 59.5 Å². The van der Waals surface area contributed by atoms with E-state index in [1.807, 2.05) is 0 Å². The average molecular weight is 214 g/mol. The Bertz CT molecular complexity index is 195. The van der Waals surface area contributed by atoms with Crippen LogP contribution in [-0.4, -0.2) is 11.3 Å². The van der Waals surface area contributed by atoms with Gasteiger partial charge < -0.3 is 0 Å². The maximum absolute atomic E-state index is 2.51. The Balaban J connectivity index is 2.38. The van der Waals surface area contributed by atoms with Crippen molar-refractivity contribution in [3.8, 4) is 0 Å². The largest absolute Gasteiger partial charge is 0.115 e. The molecule has 3 atom stereocenters. The molecule has 0 aromatic heterocycles. The van der Waals surface area contributed by atoms with Crippen LogP contribution in [-0.2, 0) is 0 Å². The first-order valence-electron chi connectivity index (χ1n) is 6.04. The highest BCUT2D eigenvalue weighted by atomic mass is 31.1. The molecule has 0 heterocycles. The van der Waals surface area contributed by atoms with Gasteiger partial charge in [-0.3, -0.25) is 0 Å². The van der Waals surface area contributed by atoms with Crippen molar-refractivity contribution in [3.05, 3.63) is 0 Å². The van der Waals surface area contributed by atoms with E-state index in [9.17, 15) is 0 Å². The van der Waals surface area contributed by atoms with Crippen molar-refractivity contribution in [2.24, 2.45) is 17.3 Å². The fourth-order valence-electron chi connectivity index (χ4n) is 2.48. The van der Waals surface area contributed by atoms with Gasteiger partial charge in [-0.15, -0.1) is 8.58 Å². The van der Waals surface area contributed by atoms with Crippen molar-refractivity contribution in [2.75, 3.05) is 6.16 Å². The van der Waals surface area contributed by atoms with Crippen LogP contribution < -0.4 is 0 Å². The molecule has 0 nitrogen and oxygen atoms in total. The van der Waals surface area contributed by atoms with Crippen LogP contribution in [0.2, 0.25) is 0 Å². The van der Waals surface area contributed by atoms with E-state index < -0.39 is 0 Å². The second-order valence-corrected chi connectivity index (χ2v) is 8.23. The maximum atomic E-state index is 2.51. The standard InChI is InChI=1S/C13H27P/c1-10(2)7-8-14-13(6)9-11(3)12(13,4)5/h10-11,14H,7-9H2,1-6H3. The lowest BCUT2D eigenvalue weighted by atomic mass is 9.55. The van der Waals surface area contributed by atoms with Crippen molar-refractivity contribution in [1.29, 1.82) is 0 Å². The summed E-state index contributed by atoms with van der Waals surface area (Å²) < 4.78 is 0. The molecule has 0 aliphatic heterocycles. The third-order valence-electron chi connectivity index (χ3n) is 4.61. The molecule has 1 heteroatoms. The zero-order valence-corrected chi connectivity index (χ0v) is 11.8. The van der Waals surface area contributed by atoms with Crippen molar-refractivity contribution >= 4 is 8.58 Å². The van der Waals surface area contributed by atoms with Gasteiger partial charge in [-0.2, -0.15) is 0 Å². The molecule has 1 aliphatic rings. The van der Waals surface area contributed by atoms with Crippen molar-refractivity contribution in [1.82, 2.24) is 0 Å². The minimum atomic E-state index is 0.586. The van der Waals surface area contributed by atoms with E-state index in [0.717, 1.165) is 11.8 Å². The molecule has 0 bridgehead atoms. The van der Waals surface area contributed by atoms with Crippen molar-refractivity contribution < 1.29 is 0 Å². The van der Waals surface area contributed by atoms with Crippen LogP contribution in [0.3, 0.4) is 0 Å². The van der Waals surface area contributed by atoms with Crippen LogP contribution in [0.25, 0.3) is 0 Å². The molecular formula is C13H27P. The predicted molar refractivity (Wildman–Crippen MR) is 68.6 cm³/mol. The lowest BCUT2D eigenvalue weighted by molar-refractivity contribution is 0.0331. The maximum Gasteiger partial charge on any atom is -0.00938 e. The number of rotatable bonds is 4. The minimum Gasteiger partial charge on any atom is -0.115 e. The van der Waals surface area contributed by atoms with Gasteiger partial charge in [0.25, 0.3) is 0 Å². The minimum absolute atomic E-state index is 0.586. The molecule has 1 rings (SSSR count). The third-order valence-corrected chi connectivity index (χ3v) is 6.77. The average Bonchev–Trinajstić information content (AvgIpc) is 2.03. The molecule has 0 amide bonds. The van der Waals surface area contributed by atoms with E-state index in [1.165, 1.54) is 27.6 Å². The van der Waals surface area contributed by atoms with Gasteiger partial charge in [-0.1, -0.05) is 41.5 Å². The molecule has 14 heavy (non-hydrogen) atoms. The Hall–Kier alpha value is 0.430. The molecule has 0 spiro atoms. The van der Waals surface area contributed by atoms with Crippen LogP contribution in [0.15, 0.2) is 0 Å². The summed E-state index contributed by atoms with van der Waals surface area (Å²) in [6.07, 6.45) is 4.32. The summed E-state index contributed by atoms with van der Waals surface area (Å²) in [7, 11) is 1.18. The van der Waals surface area contributed by atoms with Crippen LogP contribution in [0.4, 0.5) is 0 Å². The Morgan fingerprint density at radius 2 is 1.86 bits per heavy atom. The van der Waals surface area contributed by atoms with Gasteiger partial charge in [-0.05, 0) is 41.4 Å². The Labute approximate surface area is 92.0 Å². The number of hydrogen-bond acceptors (Lipinski definition) is 0. The van der Waals surface area contributed by atoms with Gasteiger partial charge in [0.1, 0.15) is 0 Å². The van der Waals surface area contributed by atoms with Crippen LogP contribution in [0, 0.1) is 17.3 Å². The first kappa shape index (κ1) is 12.5. The summed E-state index contributed by atoms with van der Waals surface area (Å²) in [6, 6.07) is 0. The van der Waals surface area contributed by atoms with Gasteiger partial charge >= 0.3 is 0 Å². The van der Waals surface area contributed by atoms with E-state index in [2.05, 4.69) is 41.5 Å². The van der Waals surface area contributed by atoms with E-state index in [0.29, 0.717) is 10.6 Å². The highest BCUT2D eigenvalue weighted by Crippen LogP contribution is 2.63. The Morgan fingerprint density at radius 3 is 2.21 bits per heavy atom. The first-order chi connectivity index (χ1) is 6.29. The molecule has 1 saturated carbocycles. The second-order valence-electron chi connectivity index (χ2n) is 6.27. The molecule has 0 aromatic rings. The summed E-state index contributed by atoms with van der Waals surface area (Å²) >= 11 is 0. The molecule has 0 saturated heterocycles. The molecule has 3 unspecified atom stereocenters. The fraction of sp³-hybridized carbons (Fsp3) is 1.00.